The summed E-state index contributed by atoms with van der Waals surface area (Å²) < 4.78 is 6.87. The van der Waals surface area contributed by atoms with Crippen molar-refractivity contribution >= 4 is 22.4 Å². The van der Waals surface area contributed by atoms with Crippen LogP contribution in [-0.2, 0) is 4.79 Å². The molecule has 4 aliphatic rings. The van der Waals surface area contributed by atoms with Crippen molar-refractivity contribution in [2.24, 2.45) is 23.2 Å². The lowest BCUT2D eigenvalue weighted by Gasteiger charge is -2.56. The summed E-state index contributed by atoms with van der Waals surface area (Å²) in [5, 5.41) is 4.45. The van der Waals surface area contributed by atoms with Crippen LogP contribution in [-0.4, -0.2) is 22.6 Å². The summed E-state index contributed by atoms with van der Waals surface area (Å²) in [4.78, 5) is 30.7. The van der Waals surface area contributed by atoms with Crippen LogP contribution in [0, 0.1) is 23.2 Å². The summed E-state index contributed by atoms with van der Waals surface area (Å²) in [7, 11) is 1.54. The third-order valence-electron chi connectivity index (χ3n) is 8.12. The fourth-order valence-electron chi connectivity index (χ4n) is 7.34. The molecule has 1 N–H and O–H groups in total. The number of nitrogens with zero attached hydrogens (tertiary/aromatic N) is 2. The number of hydrogen-bond donors (Lipinski definition) is 1. The number of pyridine rings is 2. The Morgan fingerprint density at radius 2 is 1.79 bits per heavy atom. The van der Waals surface area contributed by atoms with Crippen LogP contribution in [0.4, 0.5) is 5.69 Å². The summed E-state index contributed by atoms with van der Waals surface area (Å²) in [5.74, 6) is 2.93. The molecule has 33 heavy (non-hydrogen) atoms. The Labute approximate surface area is 193 Å². The molecule has 0 unspecified atom stereocenters. The number of hydrogen-bond acceptors (Lipinski definition) is 4. The number of benzene rings is 1. The van der Waals surface area contributed by atoms with Gasteiger partial charge in [0.15, 0.2) is 0 Å². The van der Waals surface area contributed by atoms with E-state index in [0.29, 0.717) is 29.1 Å². The molecular formula is C27H29N3O3. The van der Waals surface area contributed by atoms with Crippen molar-refractivity contribution in [3.63, 3.8) is 0 Å². The molecular weight excluding hydrogens is 414 g/mol. The predicted molar refractivity (Wildman–Crippen MR) is 128 cm³/mol. The Morgan fingerprint density at radius 3 is 2.48 bits per heavy atom. The van der Waals surface area contributed by atoms with Gasteiger partial charge >= 0.3 is 0 Å². The molecule has 4 saturated carbocycles. The SMILES string of the molecule is COc1ncccc1-n1ccc2c(NC(=O)CC34CC5CC(CC(C5)C3)C4)cccc2c1=O. The quantitative estimate of drug-likeness (QED) is 0.606. The average Bonchev–Trinajstić information content (AvgIpc) is 2.78. The molecule has 0 aliphatic heterocycles. The van der Waals surface area contributed by atoms with E-state index in [-0.39, 0.29) is 16.9 Å². The first-order valence-corrected chi connectivity index (χ1v) is 12.0. The van der Waals surface area contributed by atoms with Crippen LogP contribution in [0.15, 0.2) is 53.6 Å². The van der Waals surface area contributed by atoms with Crippen molar-refractivity contribution in [3.05, 3.63) is 59.1 Å². The van der Waals surface area contributed by atoms with E-state index in [1.165, 1.54) is 50.2 Å². The van der Waals surface area contributed by atoms with Crippen LogP contribution in [0.2, 0.25) is 0 Å². The van der Waals surface area contributed by atoms with Gasteiger partial charge in [-0.2, -0.15) is 0 Å². The molecule has 0 atom stereocenters. The summed E-state index contributed by atoms with van der Waals surface area (Å²) in [6.07, 6.45) is 11.7. The molecule has 7 rings (SSSR count). The van der Waals surface area contributed by atoms with Crippen LogP contribution in [0.3, 0.4) is 0 Å². The van der Waals surface area contributed by atoms with Crippen LogP contribution >= 0.6 is 0 Å². The number of nitrogens with one attached hydrogen (secondary N) is 1. The minimum absolute atomic E-state index is 0.0718. The topological polar surface area (TPSA) is 73.2 Å². The van der Waals surface area contributed by atoms with Gasteiger partial charge in [0.2, 0.25) is 11.8 Å². The number of anilines is 1. The van der Waals surface area contributed by atoms with Gasteiger partial charge in [-0.15, -0.1) is 0 Å². The third-order valence-corrected chi connectivity index (χ3v) is 8.12. The summed E-state index contributed by atoms with van der Waals surface area (Å²) in [6, 6.07) is 11.0. The van der Waals surface area contributed by atoms with E-state index in [0.717, 1.165) is 23.1 Å². The predicted octanol–water partition coefficient (Wildman–Crippen LogP) is 4.94. The van der Waals surface area contributed by atoms with Crippen LogP contribution < -0.4 is 15.6 Å². The van der Waals surface area contributed by atoms with Gasteiger partial charge < -0.3 is 10.1 Å². The Bertz CT molecular complexity index is 1260. The highest BCUT2D eigenvalue weighted by Crippen LogP contribution is 2.61. The second-order valence-corrected chi connectivity index (χ2v) is 10.4. The number of amides is 1. The zero-order valence-electron chi connectivity index (χ0n) is 18.9. The Hall–Kier alpha value is -3.15. The molecule has 4 aliphatic carbocycles. The molecule has 0 radical (unpaired) electrons. The van der Waals surface area contributed by atoms with Gasteiger partial charge in [-0.25, -0.2) is 4.98 Å². The van der Waals surface area contributed by atoms with Crippen LogP contribution in [0.25, 0.3) is 16.5 Å². The molecule has 4 bridgehead atoms. The van der Waals surface area contributed by atoms with Gasteiger partial charge in [0.25, 0.3) is 5.56 Å². The third kappa shape index (κ3) is 3.52. The monoisotopic (exact) mass is 443 g/mol. The van der Waals surface area contributed by atoms with E-state index in [2.05, 4.69) is 10.3 Å². The number of fused-ring (bicyclic) bond motifs is 1. The number of carbonyl (C=O) groups is 1. The Kier molecular flexibility index (Phi) is 4.78. The summed E-state index contributed by atoms with van der Waals surface area (Å²) >= 11 is 0. The second kappa shape index (κ2) is 7.72. The molecule has 6 heteroatoms. The maximum Gasteiger partial charge on any atom is 0.263 e. The van der Waals surface area contributed by atoms with Gasteiger partial charge in [0.1, 0.15) is 5.69 Å². The Balaban J connectivity index is 1.29. The van der Waals surface area contributed by atoms with E-state index in [1.54, 1.807) is 30.6 Å². The zero-order chi connectivity index (χ0) is 22.6. The highest BCUT2D eigenvalue weighted by atomic mass is 16.5. The van der Waals surface area contributed by atoms with E-state index in [1.807, 2.05) is 18.2 Å². The largest absolute Gasteiger partial charge is 0.480 e. The van der Waals surface area contributed by atoms with Gasteiger partial charge in [-0.3, -0.25) is 14.2 Å². The van der Waals surface area contributed by atoms with Gasteiger partial charge in [-0.1, -0.05) is 6.07 Å². The second-order valence-electron chi connectivity index (χ2n) is 10.4. The van der Waals surface area contributed by atoms with E-state index in [4.69, 9.17) is 4.74 Å². The fraction of sp³-hybridized carbons (Fsp3) is 0.444. The lowest BCUT2D eigenvalue weighted by Crippen LogP contribution is -2.47. The molecule has 6 nitrogen and oxygen atoms in total. The minimum atomic E-state index is -0.170. The minimum Gasteiger partial charge on any atom is -0.480 e. The zero-order valence-corrected chi connectivity index (χ0v) is 18.9. The molecule has 3 aromatic rings. The van der Waals surface area contributed by atoms with Crippen molar-refractivity contribution in [1.82, 2.24) is 9.55 Å². The molecule has 1 amide bonds. The molecule has 170 valence electrons. The first kappa shape index (κ1) is 20.5. The van der Waals surface area contributed by atoms with E-state index >= 15 is 0 Å². The van der Waals surface area contributed by atoms with Gasteiger partial charge in [0, 0.05) is 35.3 Å². The molecule has 2 aromatic heterocycles. The average molecular weight is 444 g/mol. The summed E-state index contributed by atoms with van der Waals surface area (Å²) in [6.45, 7) is 0. The smallest absolute Gasteiger partial charge is 0.263 e. The van der Waals surface area contributed by atoms with Crippen LogP contribution in [0.1, 0.15) is 44.9 Å². The molecule has 1 aromatic carbocycles. The number of methoxy groups -OCH3 is 1. The summed E-state index contributed by atoms with van der Waals surface area (Å²) in [5.41, 5.74) is 1.30. The maximum absolute atomic E-state index is 13.3. The van der Waals surface area contributed by atoms with Crippen molar-refractivity contribution in [3.8, 4) is 11.6 Å². The maximum atomic E-state index is 13.3. The van der Waals surface area contributed by atoms with Crippen LogP contribution in [0.5, 0.6) is 5.88 Å². The molecule has 2 heterocycles. The highest BCUT2D eigenvalue weighted by Gasteiger charge is 2.51. The Morgan fingerprint density at radius 1 is 1.06 bits per heavy atom. The lowest BCUT2D eigenvalue weighted by atomic mass is 9.49. The molecule has 0 saturated heterocycles. The van der Waals surface area contributed by atoms with E-state index < -0.39 is 0 Å². The van der Waals surface area contributed by atoms with Crippen molar-refractivity contribution in [2.45, 2.75) is 44.9 Å². The fourth-order valence-corrected chi connectivity index (χ4v) is 7.34. The number of aromatic nitrogens is 2. The van der Waals surface area contributed by atoms with Crippen molar-refractivity contribution in [1.29, 1.82) is 0 Å². The number of carbonyl (C=O) groups excluding carboxylic acids is 1. The highest BCUT2D eigenvalue weighted by molar-refractivity contribution is 6.02. The van der Waals surface area contributed by atoms with Gasteiger partial charge in [-0.05, 0) is 92.0 Å². The number of rotatable bonds is 5. The van der Waals surface area contributed by atoms with Crippen molar-refractivity contribution in [2.75, 3.05) is 12.4 Å². The molecule has 4 fully saturated rings. The molecule has 0 spiro atoms. The first-order valence-electron chi connectivity index (χ1n) is 12.0. The standard InChI is InChI=1S/C27H29N3O3/c1-33-25-23(6-3-8-28-25)30-9-7-20-21(26(30)32)4-2-5-22(20)29-24(31)16-27-13-17-10-18(14-27)12-19(11-17)15-27/h2-9,17-19H,10-16H2,1H3,(H,29,31). The number of ether oxygens (including phenoxy) is 1. The van der Waals surface area contributed by atoms with Gasteiger partial charge in [0.05, 0.1) is 7.11 Å². The lowest BCUT2D eigenvalue weighted by molar-refractivity contribution is -0.124. The first-order chi connectivity index (χ1) is 16.0. The normalized spacial score (nSPS) is 27.6. The van der Waals surface area contributed by atoms with Crippen molar-refractivity contribution < 1.29 is 9.53 Å². The van der Waals surface area contributed by atoms with E-state index in [9.17, 15) is 9.59 Å².